The highest BCUT2D eigenvalue weighted by molar-refractivity contribution is 7.92. The van der Waals surface area contributed by atoms with Gasteiger partial charge in [-0.25, -0.2) is 15.0 Å². The van der Waals surface area contributed by atoms with Crippen molar-refractivity contribution < 1.29 is 13.2 Å². The first-order chi connectivity index (χ1) is 16.7. The summed E-state index contributed by atoms with van der Waals surface area (Å²) in [5.74, 6) is 1.04. The summed E-state index contributed by atoms with van der Waals surface area (Å²) in [6.45, 7) is 0.941. The fourth-order valence-corrected chi connectivity index (χ4v) is 4.59. The number of ether oxygens (including phenoxy) is 1. The zero-order valence-electron chi connectivity index (χ0n) is 20.6. The van der Waals surface area contributed by atoms with E-state index in [9.17, 15) is 8.42 Å². The molecule has 0 radical (unpaired) electrons. The molecular weight excluding hydrogens is 502 g/mol. The molecule has 0 spiro atoms. The van der Waals surface area contributed by atoms with Crippen molar-refractivity contribution in [2.45, 2.75) is 17.9 Å². The zero-order valence-corrected chi connectivity index (χ0v) is 22.2. The van der Waals surface area contributed by atoms with E-state index in [1.165, 1.54) is 12.5 Å². The summed E-state index contributed by atoms with van der Waals surface area (Å²) >= 11 is 0. The molecule has 192 valence electrons. The standard InChI is InChI=1S/C24H29N7O3S.ClH/c1-30(2)13-7-8-17-11-12-18(34-4)14-21(17)28-23-24(27-20-10-6-5-9-19(20)26-23)29-35(32,33)22-15-31(3)16-25-22;/h5-6,9-12,14-16H,7-8,13H2,1-4H3,(H,26,28)(H,27,29);1H. The molecule has 0 bridgehead atoms. The molecule has 36 heavy (non-hydrogen) atoms. The Hall–Kier alpha value is -3.41. The first-order valence-electron chi connectivity index (χ1n) is 11.1. The second-order valence-corrected chi connectivity index (χ2v) is 10.1. The van der Waals surface area contributed by atoms with Crippen LogP contribution in [-0.2, 0) is 23.5 Å². The third-order valence-corrected chi connectivity index (χ3v) is 6.60. The van der Waals surface area contributed by atoms with E-state index in [2.05, 4.69) is 29.9 Å². The Morgan fingerprint density at radius 3 is 2.36 bits per heavy atom. The van der Waals surface area contributed by atoms with Crippen molar-refractivity contribution in [2.24, 2.45) is 7.05 Å². The van der Waals surface area contributed by atoms with Crippen LogP contribution in [-0.4, -0.2) is 60.6 Å². The van der Waals surface area contributed by atoms with E-state index in [1.807, 2.05) is 50.5 Å². The molecule has 0 saturated carbocycles. The van der Waals surface area contributed by atoms with Crippen LogP contribution in [0.25, 0.3) is 11.0 Å². The van der Waals surface area contributed by atoms with Crippen LogP contribution >= 0.6 is 12.4 Å². The molecule has 0 unspecified atom stereocenters. The van der Waals surface area contributed by atoms with Gasteiger partial charge >= 0.3 is 0 Å². The summed E-state index contributed by atoms with van der Waals surface area (Å²) in [5, 5.41) is 3.20. The van der Waals surface area contributed by atoms with Crippen LogP contribution in [0.1, 0.15) is 12.0 Å². The van der Waals surface area contributed by atoms with Gasteiger partial charge in [0.2, 0.25) is 0 Å². The number of fused-ring (bicyclic) bond motifs is 1. The van der Waals surface area contributed by atoms with Gasteiger partial charge in [0.15, 0.2) is 16.7 Å². The molecule has 0 aliphatic carbocycles. The van der Waals surface area contributed by atoms with E-state index in [0.29, 0.717) is 16.8 Å². The number of hydrogen-bond donors (Lipinski definition) is 2. The molecule has 0 fully saturated rings. The first kappa shape index (κ1) is 27.2. The Kier molecular flexibility index (Phi) is 8.72. The van der Waals surface area contributed by atoms with Gasteiger partial charge in [-0.05, 0) is 57.2 Å². The largest absolute Gasteiger partial charge is 0.497 e. The van der Waals surface area contributed by atoms with Crippen molar-refractivity contribution >= 4 is 50.8 Å². The Bertz CT molecular complexity index is 1440. The molecule has 4 rings (SSSR count). The van der Waals surface area contributed by atoms with Crippen molar-refractivity contribution in [3.05, 3.63) is 60.6 Å². The predicted octanol–water partition coefficient (Wildman–Crippen LogP) is 3.83. The average Bonchev–Trinajstić information content (AvgIpc) is 3.27. The lowest BCUT2D eigenvalue weighted by Gasteiger charge is -2.17. The summed E-state index contributed by atoms with van der Waals surface area (Å²) in [6, 6.07) is 13.1. The number of sulfonamides is 1. The fourth-order valence-electron chi connectivity index (χ4n) is 3.60. The van der Waals surface area contributed by atoms with Gasteiger partial charge in [0, 0.05) is 25.0 Å². The Morgan fingerprint density at radius 1 is 1.06 bits per heavy atom. The number of methoxy groups -OCH3 is 1. The number of nitrogens with one attached hydrogen (secondary N) is 2. The summed E-state index contributed by atoms with van der Waals surface area (Å²) in [4.78, 5) is 15.3. The number of benzene rings is 2. The minimum Gasteiger partial charge on any atom is -0.497 e. The number of imidazole rings is 1. The van der Waals surface area contributed by atoms with Crippen molar-refractivity contribution in [3.63, 3.8) is 0 Å². The van der Waals surface area contributed by atoms with Crippen molar-refractivity contribution in [3.8, 4) is 5.75 Å². The van der Waals surface area contributed by atoms with E-state index in [4.69, 9.17) is 4.74 Å². The lowest BCUT2D eigenvalue weighted by atomic mass is 10.1. The molecule has 2 N–H and O–H groups in total. The van der Waals surface area contributed by atoms with Gasteiger partial charge in [0.05, 0.1) is 24.5 Å². The Morgan fingerprint density at radius 2 is 1.75 bits per heavy atom. The molecule has 0 atom stereocenters. The quantitative estimate of drug-likeness (QED) is 0.317. The highest BCUT2D eigenvalue weighted by atomic mass is 35.5. The number of rotatable bonds is 10. The summed E-state index contributed by atoms with van der Waals surface area (Å²) in [5.41, 5.74) is 3.02. The van der Waals surface area contributed by atoms with Gasteiger partial charge in [-0.15, -0.1) is 12.4 Å². The molecular formula is C24H30ClN7O3S. The van der Waals surface area contributed by atoms with Crippen LogP contribution in [0.4, 0.5) is 17.3 Å². The van der Waals surface area contributed by atoms with E-state index in [0.717, 1.165) is 30.6 Å². The second-order valence-electron chi connectivity index (χ2n) is 8.45. The van der Waals surface area contributed by atoms with Crippen LogP contribution in [0, 0.1) is 0 Å². The molecule has 2 heterocycles. The van der Waals surface area contributed by atoms with E-state index < -0.39 is 10.0 Å². The zero-order chi connectivity index (χ0) is 25.0. The molecule has 4 aromatic rings. The number of anilines is 3. The number of nitrogens with zero attached hydrogens (tertiary/aromatic N) is 5. The van der Waals surface area contributed by atoms with Crippen molar-refractivity contribution in [1.29, 1.82) is 0 Å². The first-order valence-corrected chi connectivity index (χ1v) is 12.6. The minimum absolute atomic E-state index is 0. The Labute approximate surface area is 217 Å². The van der Waals surface area contributed by atoms with Crippen LogP contribution < -0.4 is 14.8 Å². The maximum atomic E-state index is 13.0. The number of aryl methyl sites for hydroxylation is 2. The third-order valence-electron chi connectivity index (χ3n) is 5.38. The molecule has 0 aliphatic heterocycles. The molecule has 0 aliphatic rings. The van der Waals surface area contributed by atoms with Gasteiger partial charge < -0.3 is 19.5 Å². The predicted molar refractivity (Wildman–Crippen MR) is 144 cm³/mol. The monoisotopic (exact) mass is 531 g/mol. The molecule has 2 aromatic carbocycles. The number of halogens is 1. The Balaban J connectivity index is 0.00000361. The van der Waals surface area contributed by atoms with Crippen LogP contribution in [0.3, 0.4) is 0 Å². The molecule has 10 nitrogen and oxygen atoms in total. The molecule has 2 aromatic heterocycles. The topological polar surface area (TPSA) is 114 Å². The van der Waals surface area contributed by atoms with Crippen LogP contribution in [0.15, 0.2) is 60.0 Å². The molecule has 0 saturated heterocycles. The number of aromatic nitrogens is 4. The van der Waals surface area contributed by atoms with Crippen molar-refractivity contribution in [1.82, 2.24) is 24.4 Å². The van der Waals surface area contributed by atoms with Crippen molar-refractivity contribution in [2.75, 3.05) is 37.8 Å². The van der Waals surface area contributed by atoms with Crippen LogP contribution in [0.5, 0.6) is 5.75 Å². The number of hydrogen-bond acceptors (Lipinski definition) is 8. The van der Waals surface area contributed by atoms with Gasteiger partial charge in [0.1, 0.15) is 5.75 Å². The molecule has 0 amide bonds. The highest BCUT2D eigenvalue weighted by Crippen LogP contribution is 2.31. The lowest BCUT2D eigenvalue weighted by molar-refractivity contribution is 0.400. The normalized spacial score (nSPS) is 11.4. The number of para-hydroxylation sites is 2. The summed E-state index contributed by atoms with van der Waals surface area (Å²) in [6.07, 6.45) is 4.63. The maximum absolute atomic E-state index is 13.0. The van der Waals surface area contributed by atoms with Gasteiger partial charge in [-0.3, -0.25) is 4.72 Å². The van der Waals surface area contributed by atoms with Gasteiger partial charge in [-0.2, -0.15) is 8.42 Å². The smallest absolute Gasteiger partial charge is 0.282 e. The lowest BCUT2D eigenvalue weighted by Crippen LogP contribution is -2.16. The molecule has 12 heteroatoms. The fraction of sp³-hybridized carbons (Fsp3) is 0.292. The van der Waals surface area contributed by atoms with E-state index in [-0.39, 0.29) is 29.1 Å². The average molecular weight is 532 g/mol. The summed E-state index contributed by atoms with van der Waals surface area (Å²) < 4.78 is 35.6. The highest BCUT2D eigenvalue weighted by Gasteiger charge is 2.21. The maximum Gasteiger partial charge on any atom is 0.282 e. The van der Waals surface area contributed by atoms with Crippen LogP contribution in [0.2, 0.25) is 0 Å². The minimum atomic E-state index is -3.98. The second kappa shape index (κ2) is 11.5. The van der Waals surface area contributed by atoms with Gasteiger partial charge in [-0.1, -0.05) is 18.2 Å². The van der Waals surface area contributed by atoms with Gasteiger partial charge in [0.25, 0.3) is 10.0 Å². The van der Waals surface area contributed by atoms with E-state index >= 15 is 0 Å². The summed E-state index contributed by atoms with van der Waals surface area (Å²) in [7, 11) is 3.41. The third kappa shape index (κ3) is 6.42. The SMILES string of the molecule is COc1ccc(CCCN(C)C)c(Nc2nc3ccccc3nc2NS(=O)(=O)c2cn(C)cn2)c1.Cl. The van der Waals surface area contributed by atoms with E-state index in [1.54, 1.807) is 24.8 Å².